The number of rotatable bonds is 4. The molecule has 0 saturated heterocycles. The number of nitrogens with zero attached hydrogens (tertiary/aromatic N) is 2. The molecule has 0 unspecified atom stereocenters. The van der Waals surface area contributed by atoms with Gasteiger partial charge >= 0.3 is 11.9 Å². The summed E-state index contributed by atoms with van der Waals surface area (Å²) < 4.78 is 1.09. The number of carboxylic acids is 2. The molecule has 1 aromatic carbocycles. The van der Waals surface area contributed by atoms with Gasteiger partial charge in [-0.1, -0.05) is 30.7 Å². The van der Waals surface area contributed by atoms with E-state index in [4.69, 9.17) is 16.7 Å². The van der Waals surface area contributed by atoms with Crippen molar-refractivity contribution in [1.29, 1.82) is 0 Å². The standard InChI is InChI=1S/C14H11ClN2O5/c1-2-8-10(13(19)20)12(18)11(14(21)22)16-17(8)9-6-4-3-5-7(9)15/h3-6H,2H2,1H3,(H,19,20)(H,21,22). The summed E-state index contributed by atoms with van der Waals surface area (Å²) in [4.78, 5) is 34.6. The van der Waals surface area contributed by atoms with Crippen molar-refractivity contribution in [3.8, 4) is 5.69 Å². The Balaban J connectivity index is 2.96. The largest absolute Gasteiger partial charge is 0.477 e. The maximum absolute atomic E-state index is 12.0. The van der Waals surface area contributed by atoms with E-state index in [2.05, 4.69) is 5.10 Å². The van der Waals surface area contributed by atoms with Crippen LogP contribution >= 0.6 is 11.6 Å². The SMILES string of the molecule is CCc1c(C(=O)O)c(=O)c(C(=O)O)nn1-c1ccccc1Cl. The number of aromatic nitrogens is 2. The first-order valence-electron chi connectivity index (χ1n) is 6.26. The summed E-state index contributed by atoms with van der Waals surface area (Å²) in [6, 6.07) is 6.41. The van der Waals surface area contributed by atoms with E-state index in [0.29, 0.717) is 5.69 Å². The van der Waals surface area contributed by atoms with Crippen molar-refractivity contribution >= 4 is 23.5 Å². The molecular formula is C14H11ClN2O5. The van der Waals surface area contributed by atoms with E-state index in [0.717, 1.165) is 4.68 Å². The summed E-state index contributed by atoms with van der Waals surface area (Å²) in [5.41, 5.74) is -2.23. The summed E-state index contributed by atoms with van der Waals surface area (Å²) in [6.07, 6.45) is 0.162. The predicted octanol–water partition coefficient (Wildman–Crippen LogP) is 1.84. The van der Waals surface area contributed by atoms with E-state index < -0.39 is 28.6 Å². The van der Waals surface area contributed by atoms with E-state index in [9.17, 15) is 19.5 Å². The van der Waals surface area contributed by atoms with Crippen molar-refractivity contribution in [2.24, 2.45) is 0 Å². The molecule has 0 saturated carbocycles. The van der Waals surface area contributed by atoms with Gasteiger partial charge in [0.05, 0.1) is 16.4 Å². The molecule has 114 valence electrons. The van der Waals surface area contributed by atoms with Crippen molar-refractivity contribution in [3.05, 3.63) is 56.5 Å². The molecule has 22 heavy (non-hydrogen) atoms. The molecule has 0 fully saturated rings. The average molecular weight is 323 g/mol. The van der Waals surface area contributed by atoms with Gasteiger partial charge in [0.1, 0.15) is 5.56 Å². The lowest BCUT2D eigenvalue weighted by Gasteiger charge is -2.15. The van der Waals surface area contributed by atoms with E-state index in [1.807, 2.05) is 0 Å². The third-order valence-electron chi connectivity index (χ3n) is 3.02. The minimum Gasteiger partial charge on any atom is -0.477 e. The third-order valence-corrected chi connectivity index (χ3v) is 3.34. The highest BCUT2D eigenvalue weighted by Crippen LogP contribution is 2.21. The number of benzene rings is 1. The Kier molecular flexibility index (Phi) is 4.27. The van der Waals surface area contributed by atoms with Gasteiger partial charge in [-0.3, -0.25) is 4.79 Å². The molecule has 1 heterocycles. The van der Waals surface area contributed by atoms with Gasteiger partial charge in [-0.15, -0.1) is 0 Å². The van der Waals surface area contributed by atoms with Gasteiger partial charge in [0.2, 0.25) is 11.1 Å². The fourth-order valence-electron chi connectivity index (χ4n) is 2.07. The molecule has 0 radical (unpaired) electrons. The average Bonchev–Trinajstić information content (AvgIpc) is 2.46. The second kappa shape index (κ2) is 5.98. The molecule has 0 aliphatic rings. The fourth-order valence-corrected chi connectivity index (χ4v) is 2.29. The van der Waals surface area contributed by atoms with Gasteiger partial charge in [0, 0.05) is 0 Å². The van der Waals surface area contributed by atoms with E-state index >= 15 is 0 Å². The van der Waals surface area contributed by atoms with Crippen LogP contribution in [-0.2, 0) is 6.42 Å². The highest BCUT2D eigenvalue weighted by molar-refractivity contribution is 6.32. The minimum atomic E-state index is -1.60. The summed E-state index contributed by atoms with van der Waals surface area (Å²) in [5, 5.41) is 22.4. The molecule has 0 amide bonds. The first-order chi connectivity index (χ1) is 10.4. The molecule has 0 aliphatic heterocycles. The Labute approximate surface area is 129 Å². The smallest absolute Gasteiger partial charge is 0.360 e. The van der Waals surface area contributed by atoms with Crippen molar-refractivity contribution < 1.29 is 19.8 Å². The molecule has 0 bridgehead atoms. The normalized spacial score (nSPS) is 10.5. The number of hydrogen-bond acceptors (Lipinski definition) is 4. The van der Waals surface area contributed by atoms with Crippen LogP contribution in [0.4, 0.5) is 0 Å². The van der Waals surface area contributed by atoms with Gasteiger partial charge in [-0.25, -0.2) is 14.3 Å². The maximum Gasteiger partial charge on any atom is 0.360 e. The van der Waals surface area contributed by atoms with Crippen LogP contribution in [0.25, 0.3) is 5.69 Å². The van der Waals surface area contributed by atoms with Crippen LogP contribution in [0, 0.1) is 0 Å². The van der Waals surface area contributed by atoms with Gasteiger partial charge in [-0.2, -0.15) is 5.10 Å². The number of hydrogen-bond donors (Lipinski definition) is 2. The van der Waals surface area contributed by atoms with Crippen LogP contribution in [0.15, 0.2) is 29.1 Å². The minimum absolute atomic E-state index is 0.0793. The van der Waals surface area contributed by atoms with Crippen LogP contribution in [0.5, 0.6) is 0 Å². The zero-order valence-electron chi connectivity index (χ0n) is 11.4. The lowest BCUT2D eigenvalue weighted by atomic mass is 10.1. The van der Waals surface area contributed by atoms with Crippen LogP contribution in [0.3, 0.4) is 0 Å². The molecular weight excluding hydrogens is 312 g/mol. The number of para-hydroxylation sites is 1. The molecule has 0 atom stereocenters. The quantitative estimate of drug-likeness (QED) is 0.889. The fraction of sp³-hybridized carbons (Fsp3) is 0.143. The lowest BCUT2D eigenvalue weighted by molar-refractivity contribution is 0.0685. The molecule has 1 aromatic heterocycles. The molecule has 0 aliphatic carbocycles. The topological polar surface area (TPSA) is 109 Å². The molecule has 2 rings (SSSR count). The Bertz CT molecular complexity index is 828. The second-order valence-electron chi connectivity index (χ2n) is 4.33. The number of halogens is 1. The summed E-state index contributed by atoms with van der Waals surface area (Å²) >= 11 is 6.06. The Morgan fingerprint density at radius 2 is 1.86 bits per heavy atom. The molecule has 8 heteroatoms. The number of carbonyl (C=O) groups is 2. The first kappa shape index (κ1) is 15.7. The molecule has 2 aromatic rings. The molecule has 2 N–H and O–H groups in total. The van der Waals surface area contributed by atoms with Gasteiger partial charge < -0.3 is 10.2 Å². The van der Waals surface area contributed by atoms with Gasteiger partial charge in [-0.05, 0) is 18.6 Å². The van der Waals surface area contributed by atoms with Crippen molar-refractivity contribution in [3.63, 3.8) is 0 Å². The van der Waals surface area contributed by atoms with E-state index in [1.54, 1.807) is 31.2 Å². The zero-order valence-corrected chi connectivity index (χ0v) is 12.2. The van der Waals surface area contributed by atoms with Crippen molar-refractivity contribution in [2.75, 3.05) is 0 Å². The van der Waals surface area contributed by atoms with Gasteiger partial charge in [0.15, 0.2) is 0 Å². The Morgan fingerprint density at radius 1 is 1.23 bits per heavy atom. The predicted molar refractivity (Wildman–Crippen MR) is 78.1 cm³/mol. The highest BCUT2D eigenvalue weighted by atomic mass is 35.5. The van der Waals surface area contributed by atoms with Crippen LogP contribution in [0.1, 0.15) is 33.5 Å². The number of aromatic carboxylic acids is 2. The Morgan fingerprint density at radius 3 is 2.36 bits per heavy atom. The zero-order chi connectivity index (χ0) is 16.4. The molecule has 7 nitrogen and oxygen atoms in total. The van der Waals surface area contributed by atoms with E-state index in [-0.39, 0.29) is 17.1 Å². The summed E-state index contributed by atoms with van der Waals surface area (Å²) in [5.74, 6) is -3.11. The van der Waals surface area contributed by atoms with E-state index in [1.165, 1.54) is 0 Å². The number of carboxylic acid groups (broad SMARTS) is 2. The van der Waals surface area contributed by atoms with Crippen LogP contribution in [0.2, 0.25) is 5.02 Å². The molecule has 0 spiro atoms. The van der Waals surface area contributed by atoms with Crippen LogP contribution in [-0.4, -0.2) is 31.9 Å². The first-order valence-corrected chi connectivity index (χ1v) is 6.64. The van der Waals surface area contributed by atoms with Crippen molar-refractivity contribution in [2.45, 2.75) is 13.3 Å². The lowest BCUT2D eigenvalue weighted by Crippen LogP contribution is -2.30. The second-order valence-corrected chi connectivity index (χ2v) is 4.73. The highest BCUT2D eigenvalue weighted by Gasteiger charge is 2.25. The summed E-state index contributed by atoms with van der Waals surface area (Å²) in [7, 11) is 0. The monoisotopic (exact) mass is 322 g/mol. The summed E-state index contributed by atoms with van der Waals surface area (Å²) in [6.45, 7) is 1.64. The Hall–Kier alpha value is -2.67. The van der Waals surface area contributed by atoms with Crippen LogP contribution < -0.4 is 5.43 Å². The van der Waals surface area contributed by atoms with Gasteiger partial charge in [0.25, 0.3) is 0 Å². The maximum atomic E-state index is 12.0. The third kappa shape index (κ3) is 2.58. The van der Waals surface area contributed by atoms with Crippen molar-refractivity contribution in [1.82, 2.24) is 9.78 Å².